The number of hydrogen-bond acceptors (Lipinski definition) is 4. The Labute approximate surface area is 128 Å². The summed E-state index contributed by atoms with van der Waals surface area (Å²) in [5.74, 6) is 0. The molecule has 0 unspecified atom stereocenters. The first-order chi connectivity index (χ1) is 10.0. The minimum atomic E-state index is -3.74. The number of hydrogen-bond donors (Lipinski definition) is 0. The van der Waals surface area contributed by atoms with Gasteiger partial charge in [0.1, 0.15) is 6.07 Å². The lowest BCUT2D eigenvalue weighted by atomic mass is 10.2. The van der Waals surface area contributed by atoms with Gasteiger partial charge in [-0.2, -0.15) is 5.26 Å². The molecule has 7 heteroatoms. The topological polar surface area (TPSA) is 74.1 Å². The molecule has 0 aliphatic rings. The summed E-state index contributed by atoms with van der Waals surface area (Å²) in [6.45, 7) is 2.01. The van der Waals surface area contributed by atoms with Gasteiger partial charge in [0.25, 0.3) is 10.0 Å². The third kappa shape index (κ3) is 2.99. The predicted molar refractivity (Wildman–Crippen MR) is 80.6 cm³/mol. The average molecular weight is 322 g/mol. The Balaban J connectivity index is 2.50. The quantitative estimate of drug-likeness (QED) is 0.867. The van der Waals surface area contributed by atoms with E-state index in [0.717, 1.165) is 0 Å². The van der Waals surface area contributed by atoms with E-state index in [0.29, 0.717) is 5.69 Å². The molecule has 21 heavy (non-hydrogen) atoms. The zero-order valence-corrected chi connectivity index (χ0v) is 12.8. The average Bonchev–Trinajstić information content (AvgIpc) is 2.48. The van der Waals surface area contributed by atoms with Crippen molar-refractivity contribution in [2.75, 3.05) is 10.8 Å². The molecule has 0 radical (unpaired) electrons. The Kier molecular flexibility index (Phi) is 4.46. The molecule has 0 saturated heterocycles. The SMILES string of the molecule is CCN(c1ccncc1)S(=O)(=O)c1ccc(C#N)c(Cl)c1. The number of anilines is 1. The minimum Gasteiger partial charge on any atom is -0.267 e. The number of aromatic nitrogens is 1. The summed E-state index contributed by atoms with van der Waals surface area (Å²) in [5.41, 5.74) is 0.760. The minimum absolute atomic E-state index is 0.0464. The van der Waals surface area contributed by atoms with Crippen molar-refractivity contribution in [1.29, 1.82) is 5.26 Å². The van der Waals surface area contributed by atoms with E-state index < -0.39 is 10.0 Å². The fraction of sp³-hybridized carbons (Fsp3) is 0.143. The van der Waals surface area contributed by atoms with Gasteiger partial charge >= 0.3 is 0 Å². The molecule has 0 saturated carbocycles. The highest BCUT2D eigenvalue weighted by Crippen LogP contribution is 2.26. The van der Waals surface area contributed by atoms with E-state index >= 15 is 0 Å². The van der Waals surface area contributed by atoms with Crippen LogP contribution in [0.25, 0.3) is 0 Å². The largest absolute Gasteiger partial charge is 0.267 e. The van der Waals surface area contributed by atoms with Crippen LogP contribution in [0.5, 0.6) is 0 Å². The molecule has 108 valence electrons. The molecule has 2 aromatic rings. The molecule has 1 heterocycles. The molecule has 5 nitrogen and oxygen atoms in total. The molecule has 0 aliphatic carbocycles. The van der Waals surface area contributed by atoms with Crippen LogP contribution in [0, 0.1) is 11.3 Å². The van der Waals surface area contributed by atoms with Crippen LogP contribution in [0.3, 0.4) is 0 Å². The highest BCUT2D eigenvalue weighted by Gasteiger charge is 2.24. The summed E-state index contributed by atoms with van der Waals surface area (Å²) in [5, 5.41) is 8.96. The highest BCUT2D eigenvalue weighted by molar-refractivity contribution is 7.92. The maximum Gasteiger partial charge on any atom is 0.264 e. The second-order valence-corrected chi connectivity index (χ2v) is 6.40. The zero-order chi connectivity index (χ0) is 15.5. The first kappa shape index (κ1) is 15.3. The summed E-state index contributed by atoms with van der Waals surface area (Å²) in [7, 11) is -3.74. The molecule has 2 rings (SSSR count). The van der Waals surface area contributed by atoms with Crippen LogP contribution in [-0.2, 0) is 10.0 Å². The van der Waals surface area contributed by atoms with Gasteiger partial charge in [0.15, 0.2) is 0 Å². The Morgan fingerprint density at radius 1 is 1.29 bits per heavy atom. The standard InChI is InChI=1S/C14H12ClN3O2S/c1-2-18(12-5-7-17-8-6-12)21(19,20)13-4-3-11(10-16)14(15)9-13/h3-9H,2H2,1H3. The van der Waals surface area contributed by atoms with Crippen molar-refractivity contribution in [2.45, 2.75) is 11.8 Å². The van der Waals surface area contributed by atoms with Crippen molar-refractivity contribution in [2.24, 2.45) is 0 Å². The van der Waals surface area contributed by atoms with Crippen LogP contribution < -0.4 is 4.31 Å². The van der Waals surface area contributed by atoms with Crippen LogP contribution in [0.15, 0.2) is 47.6 Å². The Hall–Kier alpha value is -2.10. The van der Waals surface area contributed by atoms with Gasteiger partial charge in [-0.15, -0.1) is 0 Å². The summed E-state index contributed by atoms with van der Waals surface area (Å²) in [4.78, 5) is 3.92. The first-order valence-corrected chi connectivity index (χ1v) is 7.95. The van der Waals surface area contributed by atoms with Gasteiger partial charge in [-0.05, 0) is 37.3 Å². The Morgan fingerprint density at radius 3 is 2.48 bits per heavy atom. The predicted octanol–water partition coefficient (Wildman–Crippen LogP) is 2.82. The molecule has 0 fully saturated rings. The molecule has 0 atom stereocenters. The molecule has 0 N–H and O–H groups in total. The number of sulfonamides is 1. The van der Waals surface area contributed by atoms with Crippen molar-refractivity contribution >= 4 is 27.3 Å². The zero-order valence-electron chi connectivity index (χ0n) is 11.2. The monoisotopic (exact) mass is 321 g/mol. The molecular formula is C14H12ClN3O2S. The molecule has 1 aromatic heterocycles. The fourth-order valence-corrected chi connectivity index (χ4v) is 3.66. The molecule has 0 spiro atoms. The van der Waals surface area contributed by atoms with Crippen LogP contribution in [0.1, 0.15) is 12.5 Å². The van der Waals surface area contributed by atoms with Crippen molar-refractivity contribution in [3.8, 4) is 6.07 Å². The van der Waals surface area contributed by atoms with Gasteiger partial charge < -0.3 is 0 Å². The van der Waals surface area contributed by atoms with Crippen molar-refractivity contribution in [3.05, 3.63) is 53.3 Å². The molecule has 0 bridgehead atoms. The van der Waals surface area contributed by atoms with E-state index in [1.54, 1.807) is 19.1 Å². The van der Waals surface area contributed by atoms with Crippen molar-refractivity contribution in [1.82, 2.24) is 4.98 Å². The van der Waals surface area contributed by atoms with Crippen LogP contribution in [0.4, 0.5) is 5.69 Å². The Morgan fingerprint density at radius 2 is 1.95 bits per heavy atom. The number of rotatable bonds is 4. The van der Waals surface area contributed by atoms with Crippen LogP contribution >= 0.6 is 11.6 Å². The van der Waals surface area contributed by atoms with Gasteiger partial charge in [0, 0.05) is 18.9 Å². The lowest BCUT2D eigenvalue weighted by molar-refractivity contribution is 0.592. The highest BCUT2D eigenvalue weighted by atomic mass is 35.5. The lowest BCUT2D eigenvalue weighted by Crippen LogP contribution is -2.30. The van der Waals surface area contributed by atoms with Gasteiger partial charge in [0.05, 0.1) is 21.2 Å². The first-order valence-electron chi connectivity index (χ1n) is 6.13. The molecule has 1 aromatic carbocycles. The van der Waals surface area contributed by atoms with E-state index in [9.17, 15) is 8.42 Å². The number of nitriles is 1. The van der Waals surface area contributed by atoms with Crippen LogP contribution in [0.2, 0.25) is 5.02 Å². The lowest BCUT2D eigenvalue weighted by Gasteiger charge is -2.22. The second kappa shape index (κ2) is 6.12. The molecular weight excluding hydrogens is 310 g/mol. The van der Waals surface area contributed by atoms with E-state index in [1.807, 2.05) is 6.07 Å². The maximum absolute atomic E-state index is 12.7. The normalized spacial score (nSPS) is 10.9. The van der Waals surface area contributed by atoms with Crippen molar-refractivity contribution < 1.29 is 8.42 Å². The Bertz CT molecular complexity index is 786. The van der Waals surface area contributed by atoms with E-state index in [1.165, 1.54) is 34.9 Å². The van der Waals surface area contributed by atoms with E-state index in [-0.39, 0.29) is 22.0 Å². The third-order valence-corrected chi connectivity index (χ3v) is 5.10. The third-order valence-electron chi connectivity index (χ3n) is 2.89. The fourth-order valence-electron chi connectivity index (χ4n) is 1.88. The van der Waals surface area contributed by atoms with Gasteiger partial charge in [-0.25, -0.2) is 8.42 Å². The van der Waals surface area contributed by atoms with E-state index in [4.69, 9.17) is 16.9 Å². The summed E-state index contributed by atoms with van der Waals surface area (Å²) in [6, 6.07) is 9.20. The summed E-state index contributed by atoms with van der Waals surface area (Å²) < 4.78 is 26.6. The number of halogens is 1. The number of nitrogens with zero attached hydrogens (tertiary/aromatic N) is 3. The van der Waals surface area contributed by atoms with Gasteiger partial charge in [0.2, 0.25) is 0 Å². The smallest absolute Gasteiger partial charge is 0.264 e. The summed E-state index contributed by atoms with van der Waals surface area (Å²) >= 11 is 5.91. The molecule has 0 amide bonds. The van der Waals surface area contributed by atoms with Crippen LogP contribution in [-0.4, -0.2) is 19.9 Å². The maximum atomic E-state index is 12.7. The van der Waals surface area contributed by atoms with E-state index in [2.05, 4.69) is 4.98 Å². The summed E-state index contributed by atoms with van der Waals surface area (Å²) in [6.07, 6.45) is 3.05. The van der Waals surface area contributed by atoms with Gasteiger partial charge in [-0.3, -0.25) is 9.29 Å². The molecule has 0 aliphatic heterocycles. The number of pyridine rings is 1. The number of benzene rings is 1. The van der Waals surface area contributed by atoms with Crippen molar-refractivity contribution in [3.63, 3.8) is 0 Å². The van der Waals surface area contributed by atoms with Gasteiger partial charge in [-0.1, -0.05) is 11.6 Å². The second-order valence-electron chi connectivity index (χ2n) is 4.13.